The van der Waals surface area contributed by atoms with E-state index >= 15 is 0 Å². The molecule has 1 aliphatic heterocycles. The standard InChI is InChI=1S/C24H22F3N3O4/c1-14-7-19(24(25,26)27)20(28-11-14)13-34-21-10-17-16(12-29-21)8-15(23(32)33)9-18(17)22(31)30-5-3-2-4-6-30/h7-12H,2-6,13H2,1H3,(H,32,33). The van der Waals surface area contributed by atoms with Crippen molar-refractivity contribution in [2.45, 2.75) is 39.0 Å². The van der Waals surface area contributed by atoms with Gasteiger partial charge in [-0.15, -0.1) is 0 Å². The smallest absolute Gasteiger partial charge is 0.418 e. The summed E-state index contributed by atoms with van der Waals surface area (Å²) in [7, 11) is 0. The molecule has 7 nitrogen and oxygen atoms in total. The summed E-state index contributed by atoms with van der Waals surface area (Å²) in [4.78, 5) is 34.4. The van der Waals surface area contributed by atoms with Crippen LogP contribution in [0, 0.1) is 6.92 Å². The summed E-state index contributed by atoms with van der Waals surface area (Å²) in [6.45, 7) is 2.19. The van der Waals surface area contributed by atoms with Crippen LogP contribution in [-0.2, 0) is 12.8 Å². The van der Waals surface area contributed by atoms with Crippen LogP contribution in [-0.4, -0.2) is 44.9 Å². The van der Waals surface area contributed by atoms with Gasteiger partial charge in [0.25, 0.3) is 5.91 Å². The second kappa shape index (κ2) is 9.28. The van der Waals surface area contributed by atoms with E-state index < -0.39 is 24.3 Å². The fraction of sp³-hybridized carbons (Fsp3) is 0.333. The molecule has 3 heterocycles. The third-order valence-corrected chi connectivity index (χ3v) is 5.70. The highest BCUT2D eigenvalue weighted by Gasteiger charge is 2.34. The Morgan fingerprint density at radius 1 is 1.06 bits per heavy atom. The van der Waals surface area contributed by atoms with Crippen LogP contribution in [0.3, 0.4) is 0 Å². The van der Waals surface area contributed by atoms with Gasteiger partial charge in [-0.3, -0.25) is 9.78 Å². The average molecular weight is 473 g/mol. The Bertz CT molecular complexity index is 1250. The van der Waals surface area contributed by atoms with Gasteiger partial charge in [0.2, 0.25) is 5.88 Å². The van der Waals surface area contributed by atoms with Crippen LogP contribution >= 0.6 is 0 Å². The number of pyridine rings is 2. The molecule has 1 fully saturated rings. The van der Waals surface area contributed by atoms with E-state index in [1.165, 1.54) is 37.5 Å². The number of alkyl halides is 3. The number of aromatic nitrogens is 2. The van der Waals surface area contributed by atoms with Gasteiger partial charge in [-0.25, -0.2) is 9.78 Å². The minimum absolute atomic E-state index is 0.00114. The van der Waals surface area contributed by atoms with E-state index in [0.29, 0.717) is 29.4 Å². The number of carboxylic acid groups (broad SMARTS) is 1. The monoisotopic (exact) mass is 473 g/mol. The zero-order valence-corrected chi connectivity index (χ0v) is 18.4. The van der Waals surface area contributed by atoms with Gasteiger partial charge in [0, 0.05) is 47.9 Å². The Kier molecular flexibility index (Phi) is 6.41. The number of halogens is 3. The fourth-order valence-corrected chi connectivity index (χ4v) is 3.98. The van der Waals surface area contributed by atoms with Crippen LogP contribution in [0.4, 0.5) is 13.2 Å². The van der Waals surface area contributed by atoms with Gasteiger partial charge in [0.05, 0.1) is 16.8 Å². The molecule has 0 unspecified atom stereocenters. The molecule has 2 aromatic heterocycles. The maximum atomic E-state index is 13.4. The number of nitrogens with zero attached hydrogens (tertiary/aromatic N) is 3. The molecule has 10 heteroatoms. The van der Waals surface area contributed by atoms with Crippen molar-refractivity contribution < 1.29 is 32.6 Å². The lowest BCUT2D eigenvalue weighted by molar-refractivity contribution is -0.139. The normalized spacial score (nSPS) is 14.3. The molecule has 0 spiro atoms. The number of fused-ring (bicyclic) bond motifs is 1. The third kappa shape index (κ3) is 4.95. The summed E-state index contributed by atoms with van der Waals surface area (Å²) >= 11 is 0. The molecule has 1 N–H and O–H groups in total. The van der Waals surface area contributed by atoms with Gasteiger partial charge in [-0.1, -0.05) is 0 Å². The Morgan fingerprint density at radius 3 is 2.47 bits per heavy atom. The molecular formula is C24H22F3N3O4. The van der Waals surface area contributed by atoms with E-state index in [9.17, 15) is 27.9 Å². The second-order valence-electron chi connectivity index (χ2n) is 8.22. The van der Waals surface area contributed by atoms with E-state index in [0.717, 1.165) is 25.3 Å². The molecule has 1 saturated heterocycles. The molecule has 34 heavy (non-hydrogen) atoms. The lowest BCUT2D eigenvalue weighted by Gasteiger charge is -2.27. The zero-order valence-electron chi connectivity index (χ0n) is 18.4. The van der Waals surface area contributed by atoms with Gasteiger partial charge in [0.15, 0.2) is 0 Å². The molecule has 1 amide bonds. The summed E-state index contributed by atoms with van der Waals surface area (Å²) in [5.74, 6) is -1.48. The van der Waals surface area contributed by atoms with Crippen LogP contribution in [0.2, 0.25) is 0 Å². The third-order valence-electron chi connectivity index (χ3n) is 5.70. The number of aromatic carboxylic acids is 1. The molecule has 1 aromatic carbocycles. The van der Waals surface area contributed by atoms with Gasteiger partial charge >= 0.3 is 12.1 Å². The van der Waals surface area contributed by atoms with E-state index in [1.54, 1.807) is 4.90 Å². The van der Waals surface area contributed by atoms with Gasteiger partial charge in [0.1, 0.15) is 6.61 Å². The van der Waals surface area contributed by atoms with Crippen molar-refractivity contribution in [3.63, 3.8) is 0 Å². The van der Waals surface area contributed by atoms with Crippen molar-refractivity contribution in [2.24, 2.45) is 0 Å². The Hall–Kier alpha value is -3.69. The van der Waals surface area contributed by atoms with Crippen LogP contribution in [0.15, 0.2) is 36.7 Å². The highest BCUT2D eigenvalue weighted by Crippen LogP contribution is 2.32. The Labute approximate surface area is 193 Å². The topological polar surface area (TPSA) is 92.6 Å². The number of benzene rings is 1. The largest absolute Gasteiger partial charge is 0.478 e. The average Bonchev–Trinajstić information content (AvgIpc) is 2.82. The van der Waals surface area contributed by atoms with Gasteiger partial charge in [-0.2, -0.15) is 13.2 Å². The van der Waals surface area contributed by atoms with Crippen molar-refractivity contribution in [2.75, 3.05) is 13.1 Å². The predicted molar refractivity (Wildman–Crippen MR) is 117 cm³/mol. The highest BCUT2D eigenvalue weighted by molar-refractivity contribution is 6.09. The molecule has 0 saturated carbocycles. The summed E-state index contributed by atoms with van der Waals surface area (Å²) in [6, 6.07) is 5.15. The molecule has 0 bridgehead atoms. The fourth-order valence-electron chi connectivity index (χ4n) is 3.98. The van der Waals surface area contributed by atoms with E-state index in [2.05, 4.69) is 9.97 Å². The number of likely N-dealkylation sites (tertiary alicyclic amines) is 1. The number of aryl methyl sites for hydroxylation is 1. The number of piperidine rings is 1. The van der Waals surface area contributed by atoms with E-state index in [4.69, 9.17) is 4.74 Å². The number of carboxylic acids is 1. The summed E-state index contributed by atoms with van der Waals surface area (Å²) in [5, 5.41) is 10.3. The minimum atomic E-state index is -4.59. The number of ether oxygens (including phenoxy) is 1. The molecule has 0 atom stereocenters. The number of carbonyl (C=O) groups is 2. The predicted octanol–water partition coefficient (Wildman–Crippen LogP) is 4.86. The van der Waals surface area contributed by atoms with Gasteiger partial charge < -0.3 is 14.7 Å². The van der Waals surface area contributed by atoms with E-state index in [1.807, 2.05) is 0 Å². The SMILES string of the molecule is Cc1cnc(COc2cc3c(C(=O)N4CCCCC4)cc(C(=O)O)cc3cn2)c(C(F)(F)F)c1. The van der Waals surface area contributed by atoms with Crippen LogP contribution < -0.4 is 4.74 Å². The maximum Gasteiger partial charge on any atom is 0.418 e. The summed E-state index contributed by atoms with van der Waals surface area (Å²) in [6.07, 6.45) is 0.832. The molecule has 0 aliphatic carbocycles. The number of amides is 1. The molecule has 178 valence electrons. The van der Waals surface area contributed by atoms with Crippen molar-refractivity contribution in [3.05, 3.63) is 64.6 Å². The minimum Gasteiger partial charge on any atom is -0.478 e. The van der Waals surface area contributed by atoms with Crippen molar-refractivity contribution in [1.82, 2.24) is 14.9 Å². The second-order valence-corrected chi connectivity index (χ2v) is 8.22. The lowest BCUT2D eigenvalue weighted by Crippen LogP contribution is -2.35. The first-order valence-electron chi connectivity index (χ1n) is 10.8. The lowest BCUT2D eigenvalue weighted by atomic mass is 10.00. The quantitative estimate of drug-likeness (QED) is 0.569. The first kappa shape index (κ1) is 23.5. The van der Waals surface area contributed by atoms with Crippen molar-refractivity contribution >= 4 is 22.6 Å². The first-order chi connectivity index (χ1) is 16.1. The molecule has 1 aliphatic rings. The highest BCUT2D eigenvalue weighted by atomic mass is 19.4. The summed E-state index contributed by atoms with van der Waals surface area (Å²) < 4.78 is 45.7. The number of carbonyl (C=O) groups excluding carboxylic acids is 1. The van der Waals surface area contributed by atoms with Crippen molar-refractivity contribution in [3.8, 4) is 5.88 Å². The van der Waals surface area contributed by atoms with Crippen molar-refractivity contribution in [1.29, 1.82) is 0 Å². The molecule has 4 rings (SSSR count). The molecular weight excluding hydrogens is 451 g/mol. The Balaban J connectivity index is 1.69. The molecule has 0 radical (unpaired) electrons. The Morgan fingerprint density at radius 2 is 1.79 bits per heavy atom. The van der Waals surface area contributed by atoms with Crippen LogP contribution in [0.25, 0.3) is 10.8 Å². The summed E-state index contributed by atoms with van der Waals surface area (Å²) in [5.41, 5.74) is -0.670. The van der Waals surface area contributed by atoms with Crippen LogP contribution in [0.1, 0.15) is 56.8 Å². The number of rotatable bonds is 5. The number of hydrogen-bond acceptors (Lipinski definition) is 5. The maximum absolute atomic E-state index is 13.4. The number of hydrogen-bond donors (Lipinski definition) is 1. The van der Waals surface area contributed by atoms with Crippen LogP contribution in [0.5, 0.6) is 5.88 Å². The first-order valence-corrected chi connectivity index (χ1v) is 10.8. The van der Waals surface area contributed by atoms with Gasteiger partial charge in [-0.05, 0) is 49.9 Å². The zero-order chi connectivity index (χ0) is 24.5. The van der Waals surface area contributed by atoms with E-state index in [-0.39, 0.29) is 28.6 Å². The molecule has 3 aromatic rings.